The van der Waals surface area contributed by atoms with E-state index in [0.717, 1.165) is 11.4 Å². The van der Waals surface area contributed by atoms with Gasteiger partial charge in [-0.25, -0.2) is 0 Å². The number of likely N-dealkylation sites (tertiary alicyclic amines) is 1. The van der Waals surface area contributed by atoms with E-state index in [-0.39, 0.29) is 18.9 Å². The van der Waals surface area contributed by atoms with Crippen LogP contribution in [0.1, 0.15) is 24.2 Å². The Balaban J connectivity index is 1.86. The second-order valence-electron chi connectivity index (χ2n) is 5.15. The molecular weight excluding hydrogens is 285 g/mol. The summed E-state index contributed by atoms with van der Waals surface area (Å²) in [6.07, 6.45) is 0.408. The Kier molecular flexibility index (Phi) is 4.12. The molecule has 2 heterocycles. The van der Waals surface area contributed by atoms with Crippen LogP contribution in [0.2, 0.25) is 0 Å². The van der Waals surface area contributed by atoms with E-state index in [0.29, 0.717) is 19.5 Å². The van der Waals surface area contributed by atoms with Crippen molar-refractivity contribution in [3.05, 3.63) is 17.5 Å². The molecule has 1 aromatic heterocycles. The average Bonchev–Trinajstić information content (AvgIpc) is 2.83. The molecule has 1 aliphatic heterocycles. The second kappa shape index (κ2) is 5.51. The van der Waals surface area contributed by atoms with Crippen LogP contribution in [0.25, 0.3) is 0 Å². The minimum Gasteiger partial charge on any atom is -0.341 e. The zero-order valence-corrected chi connectivity index (χ0v) is 12.4. The predicted molar refractivity (Wildman–Crippen MR) is 71.3 cm³/mol. The topological polar surface area (TPSA) is 72.3 Å². The van der Waals surface area contributed by atoms with Crippen molar-refractivity contribution in [2.24, 2.45) is 0 Å². The number of aryl methyl sites for hydroxylation is 3. The van der Waals surface area contributed by atoms with Crippen molar-refractivity contribution >= 4 is 16.1 Å². The summed E-state index contributed by atoms with van der Waals surface area (Å²) in [5.41, 5.74) is 1.97. The minimum absolute atomic E-state index is 0.0468. The molecule has 0 aromatic carbocycles. The van der Waals surface area contributed by atoms with Gasteiger partial charge in [-0.15, -0.1) is 3.89 Å². The van der Waals surface area contributed by atoms with Crippen LogP contribution < -0.4 is 0 Å². The van der Waals surface area contributed by atoms with Gasteiger partial charge in [0.25, 0.3) is 0 Å². The van der Waals surface area contributed by atoms with Crippen molar-refractivity contribution < 1.29 is 17.1 Å². The lowest BCUT2D eigenvalue weighted by Gasteiger charge is -2.16. The van der Waals surface area contributed by atoms with Gasteiger partial charge in [-0.2, -0.15) is 13.5 Å². The lowest BCUT2D eigenvalue weighted by atomic mass is 10.3. The molecule has 1 amide bonds. The molecule has 8 heteroatoms. The summed E-state index contributed by atoms with van der Waals surface area (Å²) in [5.74, 6) is -0.301. The highest BCUT2D eigenvalue weighted by Crippen LogP contribution is 2.19. The van der Waals surface area contributed by atoms with Gasteiger partial charge in [0.1, 0.15) is 5.25 Å². The third kappa shape index (κ3) is 3.36. The average molecular weight is 303 g/mol. The fourth-order valence-corrected chi connectivity index (χ4v) is 3.15. The molecule has 2 rings (SSSR count). The highest BCUT2D eigenvalue weighted by atomic mass is 32.3. The van der Waals surface area contributed by atoms with E-state index in [2.05, 4.69) is 5.10 Å². The number of hydrogen-bond donors (Lipinski definition) is 0. The van der Waals surface area contributed by atoms with Crippen molar-refractivity contribution in [3.63, 3.8) is 0 Å². The molecule has 112 valence electrons. The lowest BCUT2D eigenvalue weighted by molar-refractivity contribution is -0.127. The first-order valence-electron chi connectivity index (χ1n) is 6.49. The third-order valence-electron chi connectivity index (χ3n) is 3.48. The zero-order valence-electron chi connectivity index (χ0n) is 11.5. The Morgan fingerprint density at radius 3 is 2.60 bits per heavy atom. The first-order chi connectivity index (χ1) is 9.27. The van der Waals surface area contributed by atoms with E-state index in [1.54, 1.807) is 0 Å². The number of rotatable bonds is 5. The third-order valence-corrected chi connectivity index (χ3v) is 4.59. The molecule has 0 spiro atoms. The van der Waals surface area contributed by atoms with Gasteiger partial charge in [0.2, 0.25) is 5.91 Å². The fourth-order valence-electron chi connectivity index (χ4n) is 2.45. The summed E-state index contributed by atoms with van der Waals surface area (Å²) in [4.78, 5) is 13.0. The van der Waals surface area contributed by atoms with E-state index in [4.69, 9.17) is 0 Å². The quantitative estimate of drug-likeness (QED) is 0.754. The van der Waals surface area contributed by atoms with E-state index < -0.39 is 15.5 Å². The monoisotopic (exact) mass is 303 g/mol. The summed E-state index contributed by atoms with van der Waals surface area (Å²) in [7, 11) is -4.63. The van der Waals surface area contributed by atoms with Crippen LogP contribution in [0.15, 0.2) is 6.07 Å². The number of halogens is 1. The summed E-state index contributed by atoms with van der Waals surface area (Å²) in [6.45, 7) is 4.88. The van der Waals surface area contributed by atoms with Crippen LogP contribution in [-0.4, -0.2) is 47.3 Å². The number of amides is 1. The van der Waals surface area contributed by atoms with Gasteiger partial charge in [-0.05, 0) is 26.3 Å². The van der Waals surface area contributed by atoms with Gasteiger partial charge in [0, 0.05) is 31.7 Å². The Bertz CT molecular complexity index is 611. The molecule has 1 saturated heterocycles. The van der Waals surface area contributed by atoms with Crippen LogP contribution >= 0.6 is 0 Å². The largest absolute Gasteiger partial charge is 0.341 e. The number of hydrogen-bond acceptors (Lipinski definition) is 4. The standard InChI is InChI=1S/C12H18FN3O3S/c1-9-6-10(2)16(14-9)5-3-4-15-8-11(7-12(15)17)20(13,18)19/h6,11H,3-5,7-8H2,1-2H3. The number of carbonyl (C=O) groups excluding carboxylic acids is 1. The minimum atomic E-state index is -4.63. The number of aromatic nitrogens is 2. The van der Waals surface area contributed by atoms with Crippen molar-refractivity contribution in [3.8, 4) is 0 Å². The smallest absolute Gasteiger partial charge is 0.307 e. The van der Waals surface area contributed by atoms with Gasteiger partial charge in [-0.1, -0.05) is 0 Å². The highest BCUT2D eigenvalue weighted by Gasteiger charge is 2.37. The first-order valence-corrected chi connectivity index (χ1v) is 7.94. The molecule has 1 atom stereocenters. The van der Waals surface area contributed by atoms with Crippen molar-refractivity contribution in [1.82, 2.24) is 14.7 Å². The van der Waals surface area contributed by atoms with Crippen LogP contribution in [0, 0.1) is 13.8 Å². The summed E-state index contributed by atoms with van der Waals surface area (Å²) in [5, 5.41) is 3.10. The molecular formula is C12H18FN3O3S. The first kappa shape index (κ1) is 15.0. The van der Waals surface area contributed by atoms with Crippen LogP contribution in [-0.2, 0) is 21.6 Å². The van der Waals surface area contributed by atoms with Crippen LogP contribution in [0.3, 0.4) is 0 Å². The summed E-state index contributed by atoms with van der Waals surface area (Å²) < 4.78 is 36.3. The Morgan fingerprint density at radius 1 is 1.40 bits per heavy atom. The van der Waals surface area contributed by atoms with Crippen LogP contribution in [0.4, 0.5) is 3.89 Å². The second-order valence-corrected chi connectivity index (χ2v) is 6.76. The molecule has 1 aliphatic rings. The molecule has 0 bridgehead atoms. The fraction of sp³-hybridized carbons (Fsp3) is 0.667. The van der Waals surface area contributed by atoms with Gasteiger partial charge in [-0.3, -0.25) is 9.48 Å². The normalized spacial score (nSPS) is 19.9. The van der Waals surface area contributed by atoms with Gasteiger partial charge < -0.3 is 4.90 Å². The van der Waals surface area contributed by atoms with Crippen molar-refractivity contribution in [1.29, 1.82) is 0 Å². The van der Waals surface area contributed by atoms with Crippen LogP contribution in [0.5, 0.6) is 0 Å². The maximum Gasteiger partial charge on any atom is 0.307 e. The molecule has 6 nitrogen and oxygen atoms in total. The predicted octanol–water partition coefficient (Wildman–Crippen LogP) is 0.790. The maximum atomic E-state index is 12.9. The Labute approximate surface area is 117 Å². The Hall–Kier alpha value is -1.44. The molecule has 0 aliphatic carbocycles. The molecule has 20 heavy (non-hydrogen) atoms. The van der Waals surface area contributed by atoms with E-state index >= 15 is 0 Å². The summed E-state index contributed by atoms with van der Waals surface area (Å²) >= 11 is 0. The number of nitrogens with zero attached hydrogens (tertiary/aromatic N) is 3. The molecule has 0 radical (unpaired) electrons. The zero-order chi connectivity index (χ0) is 14.9. The summed E-state index contributed by atoms with van der Waals surface area (Å²) in [6, 6.07) is 1.96. The van der Waals surface area contributed by atoms with E-state index in [1.807, 2.05) is 24.6 Å². The Morgan fingerprint density at radius 2 is 2.10 bits per heavy atom. The van der Waals surface area contributed by atoms with E-state index in [9.17, 15) is 17.1 Å². The SMILES string of the molecule is Cc1cc(C)n(CCCN2CC(S(=O)(=O)F)CC2=O)n1. The number of carbonyl (C=O) groups is 1. The van der Waals surface area contributed by atoms with E-state index in [1.165, 1.54) is 4.90 Å². The lowest BCUT2D eigenvalue weighted by Crippen LogP contribution is -2.29. The molecule has 1 aromatic rings. The van der Waals surface area contributed by atoms with Gasteiger partial charge >= 0.3 is 10.2 Å². The van der Waals surface area contributed by atoms with Crippen molar-refractivity contribution in [2.45, 2.75) is 38.5 Å². The molecule has 1 unspecified atom stereocenters. The maximum absolute atomic E-state index is 12.9. The van der Waals surface area contributed by atoms with Crippen molar-refractivity contribution in [2.75, 3.05) is 13.1 Å². The van der Waals surface area contributed by atoms with Gasteiger partial charge in [0.05, 0.1) is 5.69 Å². The molecule has 1 fully saturated rings. The molecule has 0 N–H and O–H groups in total. The highest BCUT2D eigenvalue weighted by molar-refractivity contribution is 7.87. The molecule has 0 saturated carbocycles. The van der Waals surface area contributed by atoms with Gasteiger partial charge in [0.15, 0.2) is 0 Å².